The van der Waals surface area contributed by atoms with Crippen LogP contribution in [-0.2, 0) is 42.4 Å². The number of fused-ring (bicyclic) bond motifs is 2. The molecular weight excluding hydrogens is 877 g/mol. The molecule has 58 heavy (non-hydrogen) atoms. The number of carbonyl (C=O) groups excluding carboxylic acids is 2. The van der Waals surface area contributed by atoms with Gasteiger partial charge in [0, 0.05) is 35.0 Å². The maximum Gasteiger partial charge on any atom is 3.00 e. The Balaban J connectivity index is 0.000000543. The Morgan fingerprint density at radius 1 is 0.672 bits per heavy atom. The van der Waals surface area contributed by atoms with Gasteiger partial charge in [0.25, 0.3) is 5.69 Å². The monoisotopic (exact) mass is 893 g/mol. The van der Waals surface area contributed by atoms with Crippen molar-refractivity contribution in [3.05, 3.63) is 134 Å². The SMILES string of the molecule is O=C1C=C(N([O-])[O-])C=CC1=NN=C1C=C(S(=O)(=O)[O-])c2ccccc2C1=O.O=[N+]([O-])c1ccc(N=Nc2cc(S(=O)(=O)[O-])c3ccccc3c2[O-])c([O-])c1.[Cr+3].[Na+].[Na+].[Na+]. The summed E-state index contributed by atoms with van der Waals surface area (Å²) in [4.78, 5) is 32.8. The molecule has 0 saturated heterocycles. The standard InChI is InChI=1S/C16H11N3O7S.C16H9N3O7S.Cr.3Na/c2*20-14-7-9(19(22)23)5-6-12(14)17-18-13-8-15(27(24,25)26)10-3-1-2-4-11(10)16(13)21;;;;/h1-8,20-21H,(H,24,25,26);1-8H,(H,24,25,26);;;;/q;-2;+3;3*+1/p-4. The van der Waals surface area contributed by atoms with Gasteiger partial charge in [0.05, 0.1) is 26.1 Å². The molecule has 6 rings (SSSR count). The number of hydroxylamine groups is 2. The Morgan fingerprint density at radius 3 is 1.79 bits per heavy atom. The number of benzene rings is 4. The van der Waals surface area contributed by atoms with Gasteiger partial charge < -0.3 is 35.0 Å². The van der Waals surface area contributed by atoms with Gasteiger partial charge in [-0.25, -0.2) is 16.8 Å². The van der Waals surface area contributed by atoms with Crippen LogP contribution < -0.4 is 98.9 Å². The van der Waals surface area contributed by atoms with Crippen molar-refractivity contribution >= 4 is 76.0 Å². The number of azo groups is 1. The van der Waals surface area contributed by atoms with Gasteiger partial charge in [-0.05, 0) is 41.1 Å². The van der Waals surface area contributed by atoms with E-state index in [4.69, 9.17) is 0 Å². The van der Waals surface area contributed by atoms with Crippen molar-refractivity contribution in [1.82, 2.24) is 5.23 Å². The number of Topliss-reactive ketones (excluding diaryl/α,β-unsaturated/α-hetero) is 1. The van der Waals surface area contributed by atoms with Gasteiger partial charge in [-0.15, -0.1) is 10.2 Å². The number of nitro groups is 1. The predicted molar refractivity (Wildman–Crippen MR) is 182 cm³/mol. The summed E-state index contributed by atoms with van der Waals surface area (Å²) in [5, 5.41) is 69.6. The van der Waals surface area contributed by atoms with Crippen LogP contribution in [0.15, 0.2) is 128 Å². The molecule has 0 spiro atoms. The summed E-state index contributed by atoms with van der Waals surface area (Å²) in [6.07, 6.45) is 3.59. The zero-order valence-corrected chi connectivity index (χ0v) is 38.8. The average molecular weight is 894 g/mol. The number of carbonyl (C=O) groups is 2. The van der Waals surface area contributed by atoms with Crippen LogP contribution in [0, 0.1) is 20.5 Å². The maximum absolute atomic E-state index is 12.4. The van der Waals surface area contributed by atoms with E-state index in [9.17, 15) is 66.3 Å². The van der Waals surface area contributed by atoms with E-state index in [0.29, 0.717) is 0 Å². The minimum atomic E-state index is -4.90. The first-order valence-corrected chi connectivity index (χ1v) is 17.3. The van der Waals surface area contributed by atoms with E-state index in [1.807, 2.05) is 0 Å². The quantitative estimate of drug-likeness (QED) is 0.0417. The van der Waals surface area contributed by atoms with Crippen LogP contribution >= 0.6 is 0 Å². The molecule has 20 nitrogen and oxygen atoms in total. The largest absolute Gasteiger partial charge is 3.00 e. The number of ketones is 2. The number of nitrogens with zero attached hydrogens (tertiary/aromatic N) is 6. The van der Waals surface area contributed by atoms with Crippen LogP contribution in [0.3, 0.4) is 0 Å². The number of non-ortho nitro benzene ring substituents is 1. The number of rotatable bonds is 7. The predicted octanol–water partition coefficient (Wildman–Crippen LogP) is -5.89. The molecule has 26 heteroatoms. The molecular formula is C32H16CrN6Na3O14S2. The molecule has 0 aliphatic heterocycles. The molecule has 2 aliphatic carbocycles. The molecule has 0 unspecified atom stereocenters. The third kappa shape index (κ3) is 12.4. The van der Waals surface area contributed by atoms with Crippen LogP contribution in [0.25, 0.3) is 15.7 Å². The van der Waals surface area contributed by atoms with E-state index in [2.05, 4.69) is 20.4 Å². The second-order valence-corrected chi connectivity index (χ2v) is 13.4. The summed E-state index contributed by atoms with van der Waals surface area (Å²) in [6, 6.07) is 14.8. The van der Waals surface area contributed by atoms with E-state index < -0.39 is 86.0 Å². The fraction of sp³-hybridized carbons (Fsp3) is 0. The fourth-order valence-electron chi connectivity index (χ4n) is 4.78. The van der Waals surface area contributed by atoms with Gasteiger partial charge in [-0.3, -0.25) is 19.7 Å². The van der Waals surface area contributed by atoms with Crippen molar-refractivity contribution in [2.45, 2.75) is 4.90 Å². The summed E-state index contributed by atoms with van der Waals surface area (Å²) < 4.78 is 69.0. The Morgan fingerprint density at radius 2 is 1.24 bits per heavy atom. The van der Waals surface area contributed by atoms with Crippen LogP contribution in [-0.4, -0.2) is 59.1 Å². The van der Waals surface area contributed by atoms with Gasteiger partial charge in [-0.2, -0.15) is 10.2 Å². The van der Waals surface area contributed by atoms with Gasteiger partial charge in [0.1, 0.15) is 31.7 Å². The van der Waals surface area contributed by atoms with Crippen molar-refractivity contribution in [2.75, 3.05) is 0 Å². The Hall–Kier alpha value is -3.29. The van der Waals surface area contributed by atoms with Crippen molar-refractivity contribution < 1.29 is 157 Å². The summed E-state index contributed by atoms with van der Waals surface area (Å²) in [7, 11) is -9.80. The van der Waals surface area contributed by atoms with Crippen molar-refractivity contribution in [1.29, 1.82) is 0 Å². The molecule has 0 fully saturated rings. The van der Waals surface area contributed by atoms with Crippen molar-refractivity contribution in [3.8, 4) is 11.5 Å². The number of nitro benzene ring substituents is 1. The first-order chi connectivity index (χ1) is 25.4. The minimum absolute atomic E-state index is 0. The number of allylic oxidation sites excluding steroid dienone is 4. The van der Waals surface area contributed by atoms with E-state index >= 15 is 0 Å². The zero-order valence-electron chi connectivity index (χ0n) is 29.9. The van der Waals surface area contributed by atoms with E-state index in [1.165, 1.54) is 48.5 Å². The molecule has 2 aliphatic rings. The fourth-order valence-corrected chi connectivity index (χ4v) is 6.19. The van der Waals surface area contributed by atoms with Crippen molar-refractivity contribution in [2.24, 2.45) is 20.4 Å². The molecule has 279 valence electrons. The van der Waals surface area contributed by atoms with E-state index in [1.54, 1.807) is 0 Å². The summed E-state index contributed by atoms with van der Waals surface area (Å²) in [5.74, 6) is -2.98. The van der Waals surface area contributed by atoms with Gasteiger partial charge >= 0.3 is 106 Å². The number of hydrogen-bond donors (Lipinski definition) is 0. The zero-order chi connectivity index (χ0) is 39.5. The summed E-state index contributed by atoms with van der Waals surface area (Å²) in [6.45, 7) is 0. The van der Waals surface area contributed by atoms with Crippen LogP contribution in [0.4, 0.5) is 17.1 Å². The molecule has 0 saturated carbocycles. The van der Waals surface area contributed by atoms with Gasteiger partial charge in [-0.1, -0.05) is 60.0 Å². The topological polar surface area (TPSA) is 337 Å². The van der Waals surface area contributed by atoms with Crippen LogP contribution in [0.1, 0.15) is 15.9 Å². The van der Waals surface area contributed by atoms with Crippen LogP contribution in [0.5, 0.6) is 11.5 Å². The smallest absolute Gasteiger partial charge is 0.871 e. The maximum atomic E-state index is 12.4. The Labute approximate surface area is 404 Å². The summed E-state index contributed by atoms with van der Waals surface area (Å²) in [5.41, 5.74) is -2.46. The van der Waals surface area contributed by atoms with E-state index in [-0.39, 0.29) is 139 Å². The molecule has 0 amide bonds. The van der Waals surface area contributed by atoms with Crippen LogP contribution in [0.2, 0.25) is 0 Å². The average Bonchev–Trinajstić information content (AvgIpc) is 3.11. The third-order valence-corrected chi connectivity index (χ3v) is 9.01. The molecule has 4 aromatic rings. The number of hydrogen-bond acceptors (Lipinski definition) is 19. The Kier molecular flexibility index (Phi) is 19.8. The third-order valence-electron chi connectivity index (χ3n) is 7.25. The summed E-state index contributed by atoms with van der Waals surface area (Å²) >= 11 is 0. The second kappa shape index (κ2) is 21.8. The van der Waals surface area contributed by atoms with Gasteiger partial charge in [0.15, 0.2) is 0 Å². The first-order valence-electron chi connectivity index (χ1n) is 14.5. The van der Waals surface area contributed by atoms with E-state index in [0.717, 1.165) is 48.6 Å². The molecule has 0 heterocycles. The molecule has 0 N–H and O–H groups in total. The molecule has 0 aromatic heterocycles. The second-order valence-electron chi connectivity index (χ2n) is 10.7. The first kappa shape index (κ1) is 52.7. The van der Waals surface area contributed by atoms with Crippen molar-refractivity contribution in [3.63, 3.8) is 0 Å². The molecule has 0 atom stereocenters. The molecule has 0 bridgehead atoms. The minimum Gasteiger partial charge on any atom is -0.871 e. The normalized spacial score (nSPS) is 14.8. The molecule has 1 radical (unpaired) electrons. The Bertz CT molecular complexity index is 2710. The molecule has 4 aromatic carbocycles. The van der Waals surface area contributed by atoms with Gasteiger partial charge in [0.2, 0.25) is 11.6 Å².